The van der Waals surface area contributed by atoms with Crippen LogP contribution in [0, 0.1) is 12.8 Å². The summed E-state index contributed by atoms with van der Waals surface area (Å²) in [6.45, 7) is 4.75. The van der Waals surface area contributed by atoms with Gasteiger partial charge in [-0.25, -0.2) is 8.42 Å². The van der Waals surface area contributed by atoms with Crippen LogP contribution in [0.5, 0.6) is 0 Å². The van der Waals surface area contributed by atoms with Crippen LogP contribution in [-0.2, 0) is 14.8 Å². The number of nitrogens with zero attached hydrogens (tertiary/aromatic N) is 1. The average Bonchev–Trinajstić information content (AvgIpc) is 2.69. The number of rotatable bonds is 5. The van der Waals surface area contributed by atoms with Crippen LogP contribution in [0.15, 0.2) is 59.5 Å². The topological polar surface area (TPSA) is 66.5 Å². The summed E-state index contributed by atoms with van der Waals surface area (Å²) >= 11 is 0. The Hall–Kier alpha value is -2.18. The minimum atomic E-state index is -3.48. The first-order valence-electron chi connectivity index (χ1n) is 9.30. The number of hydrogen-bond donors (Lipinski definition) is 1. The summed E-state index contributed by atoms with van der Waals surface area (Å²) in [5.74, 6) is -0.152. The van der Waals surface area contributed by atoms with E-state index in [-0.39, 0.29) is 17.9 Å². The minimum Gasteiger partial charge on any atom is -0.349 e. The van der Waals surface area contributed by atoms with Gasteiger partial charge in [-0.15, -0.1) is 0 Å². The monoisotopic (exact) mass is 386 g/mol. The number of nitrogens with one attached hydrogen (secondary N) is 1. The summed E-state index contributed by atoms with van der Waals surface area (Å²) in [5, 5.41) is 3.09. The standard InChI is InChI=1S/C21H26N2O3S/c1-16-8-6-7-11-20(16)17(2)22-21(24)18-12-14-23(15-13-18)27(25,26)19-9-4-3-5-10-19/h3-11,17-18H,12-15H2,1-2H3,(H,22,24)/t17-/m0/s1. The Morgan fingerprint density at radius 2 is 1.63 bits per heavy atom. The maximum absolute atomic E-state index is 12.7. The summed E-state index contributed by atoms with van der Waals surface area (Å²) in [5.41, 5.74) is 2.25. The van der Waals surface area contributed by atoms with Crippen molar-refractivity contribution in [1.82, 2.24) is 9.62 Å². The van der Waals surface area contributed by atoms with E-state index in [0.29, 0.717) is 30.8 Å². The Morgan fingerprint density at radius 1 is 1.04 bits per heavy atom. The molecule has 1 atom stereocenters. The number of aryl methyl sites for hydroxylation is 1. The summed E-state index contributed by atoms with van der Waals surface area (Å²) in [7, 11) is -3.48. The lowest BCUT2D eigenvalue weighted by molar-refractivity contribution is -0.126. The third kappa shape index (κ3) is 4.39. The molecule has 0 aromatic heterocycles. The first-order chi connectivity index (χ1) is 12.9. The third-order valence-electron chi connectivity index (χ3n) is 5.22. The highest BCUT2D eigenvalue weighted by atomic mass is 32.2. The summed E-state index contributed by atoms with van der Waals surface area (Å²) < 4.78 is 26.9. The van der Waals surface area contributed by atoms with Crippen LogP contribution in [0.1, 0.15) is 36.9 Å². The molecule has 2 aromatic carbocycles. The number of benzene rings is 2. The highest BCUT2D eigenvalue weighted by Gasteiger charge is 2.32. The maximum atomic E-state index is 12.7. The second-order valence-electron chi connectivity index (χ2n) is 7.08. The SMILES string of the molecule is Cc1ccccc1[C@H](C)NC(=O)C1CCN(S(=O)(=O)c2ccccc2)CC1. The summed E-state index contributed by atoms with van der Waals surface area (Å²) in [6, 6.07) is 16.4. The van der Waals surface area contributed by atoms with Crippen molar-refractivity contribution in [1.29, 1.82) is 0 Å². The molecule has 1 aliphatic rings. The molecular formula is C21H26N2O3S. The number of carbonyl (C=O) groups is 1. The lowest BCUT2D eigenvalue weighted by Crippen LogP contribution is -2.43. The van der Waals surface area contributed by atoms with Gasteiger partial charge in [0.2, 0.25) is 15.9 Å². The van der Waals surface area contributed by atoms with E-state index in [9.17, 15) is 13.2 Å². The van der Waals surface area contributed by atoms with Crippen LogP contribution < -0.4 is 5.32 Å². The molecule has 27 heavy (non-hydrogen) atoms. The lowest BCUT2D eigenvalue weighted by atomic mass is 9.96. The predicted molar refractivity (Wildman–Crippen MR) is 106 cm³/mol. The van der Waals surface area contributed by atoms with E-state index in [4.69, 9.17) is 0 Å². The van der Waals surface area contributed by atoms with Gasteiger partial charge in [-0.3, -0.25) is 4.79 Å². The molecule has 0 unspecified atom stereocenters. The minimum absolute atomic E-state index is 0.00233. The van der Waals surface area contributed by atoms with Crippen molar-refractivity contribution in [2.24, 2.45) is 5.92 Å². The fraction of sp³-hybridized carbons (Fsp3) is 0.381. The quantitative estimate of drug-likeness (QED) is 0.858. The van der Waals surface area contributed by atoms with E-state index in [1.54, 1.807) is 30.3 Å². The van der Waals surface area contributed by atoms with Gasteiger partial charge in [0, 0.05) is 19.0 Å². The molecule has 1 aliphatic heterocycles. The van der Waals surface area contributed by atoms with Crippen molar-refractivity contribution in [2.45, 2.75) is 37.6 Å². The van der Waals surface area contributed by atoms with Gasteiger partial charge in [0.15, 0.2) is 0 Å². The van der Waals surface area contributed by atoms with E-state index >= 15 is 0 Å². The second-order valence-corrected chi connectivity index (χ2v) is 9.02. The van der Waals surface area contributed by atoms with Gasteiger partial charge in [0.05, 0.1) is 10.9 Å². The van der Waals surface area contributed by atoms with Gasteiger partial charge in [-0.1, -0.05) is 42.5 Å². The molecule has 0 saturated carbocycles. The average molecular weight is 387 g/mol. The zero-order valence-electron chi connectivity index (χ0n) is 15.8. The van der Waals surface area contributed by atoms with E-state index in [1.807, 2.05) is 38.1 Å². The largest absolute Gasteiger partial charge is 0.349 e. The van der Waals surface area contributed by atoms with Crippen molar-refractivity contribution in [2.75, 3.05) is 13.1 Å². The maximum Gasteiger partial charge on any atom is 0.243 e. The van der Waals surface area contributed by atoms with Gasteiger partial charge in [0.1, 0.15) is 0 Å². The second kappa shape index (κ2) is 8.23. The Morgan fingerprint density at radius 3 is 2.26 bits per heavy atom. The van der Waals surface area contributed by atoms with Crippen LogP contribution in [0.3, 0.4) is 0 Å². The molecule has 0 spiro atoms. The molecule has 0 bridgehead atoms. The fourth-order valence-corrected chi connectivity index (χ4v) is 5.07. The molecule has 0 radical (unpaired) electrons. The van der Waals surface area contributed by atoms with Gasteiger partial charge >= 0.3 is 0 Å². The molecule has 1 N–H and O–H groups in total. The normalized spacial score (nSPS) is 17.4. The van der Waals surface area contributed by atoms with Gasteiger partial charge < -0.3 is 5.32 Å². The van der Waals surface area contributed by atoms with Crippen LogP contribution in [0.2, 0.25) is 0 Å². The van der Waals surface area contributed by atoms with E-state index in [1.165, 1.54) is 4.31 Å². The zero-order chi connectivity index (χ0) is 19.4. The Bertz CT molecular complexity index is 889. The van der Waals surface area contributed by atoms with Gasteiger partial charge in [-0.05, 0) is 49.9 Å². The van der Waals surface area contributed by atoms with Crippen molar-refractivity contribution in [3.8, 4) is 0 Å². The highest BCUT2D eigenvalue weighted by molar-refractivity contribution is 7.89. The van der Waals surface area contributed by atoms with Crippen LogP contribution in [0.4, 0.5) is 0 Å². The Kier molecular flexibility index (Phi) is 5.97. The number of sulfonamides is 1. The molecule has 1 fully saturated rings. The molecule has 0 aliphatic carbocycles. The van der Waals surface area contributed by atoms with Crippen molar-refractivity contribution < 1.29 is 13.2 Å². The molecule has 6 heteroatoms. The van der Waals surface area contributed by atoms with E-state index < -0.39 is 10.0 Å². The number of amides is 1. The molecule has 1 saturated heterocycles. The van der Waals surface area contributed by atoms with Crippen LogP contribution >= 0.6 is 0 Å². The summed E-state index contributed by atoms with van der Waals surface area (Å²) in [4.78, 5) is 12.9. The number of piperidine rings is 1. The van der Waals surface area contributed by atoms with Crippen LogP contribution in [0.25, 0.3) is 0 Å². The number of hydrogen-bond acceptors (Lipinski definition) is 3. The predicted octanol–water partition coefficient (Wildman–Crippen LogP) is 3.27. The molecule has 1 amide bonds. The molecule has 5 nitrogen and oxygen atoms in total. The van der Waals surface area contributed by atoms with Crippen molar-refractivity contribution in [3.63, 3.8) is 0 Å². The molecule has 144 valence electrons. The zero-order valence-corrected chi connectivity index (χ0v) is 16.6. The lowest BCUT2D eigenvalue weighted by Gasteiger charge is -2.31. The molecular weight excluding hydrogens is 360 g/mol. The Balaban J connectivity index is 1.59. The van der Waals surface area contributed by atoms with Gasteiger partial charge in [0.25, 0.3) is 0 Å². The Labute approximate surface area is 161 Å². The van der Waals surface area contributed by atoms with Crippen LogP contribution in [-0.4, -0.2) is 31.7 Å². The first-order valence-corrected chi connectivity index (χ1v) is 10.7. The molecule has 1 heterocycles. The number of carbonyl (C=O) groups excluding carboxylic acids is 1. The highest BCUT2D eigenvalue weighted by Crippen LogP contribution is 2.25. The van der Waals surface area contributed by atoms with E-state index in [0.717, 1.165) is 11.1 Å². The van der Waals surface area contributed by atoms with E-state index in [2.05, 4.69) is 5.32 Å². The summed E-state index contributed by atoms with van der Waals surface area (Å²) in [6.07, 6.45) is 1.08. The van der Waals surface area contributed by atoms with Gasteiger partial charge in [-0.2, -0.15) is 4.31 Å². The molecule has 2 aromatic rings. The molecule has 3 rings (SSSR count). The first kappa shape index (κ1) is 19.6. The van der Waals surface area contributed by atoms with Crippen molar-refractivity contribution >= 4 is 15.9 Å². The van der Waals surface area contributed by atoms with Crippen molar-refractivity contribution in [3.05, 3.63) is 65.7 Å². The smallest absolute Gasteiger partial charge is 0.243 e. The fourth-order valence-electron chi connectivity index (χ4n) is 3.58. The third-order valence-corrected chi connectivity index (χ3v) is 7.13.